The van der Waals surface area contributed by atoms with E-state index in [2.05, 4.69) is 84.7 Å². The smallest absolute Gasteiger partial charge is 0.0906 e. The highest BCUT2D eigenvalue weighted by molar-refractivity contribution is 5.83. The summed E-state index contributed by atoms with van der Waals surface area (Å²) < 4.78 is 6.30. The Labute approximate surface area is 143 Å². The molecule has 1 saturated heterocycles. The van der Waals surface area contributed by atoms with E-state index in [-0.39, 0.29) is 6.10 Å². The van der Waals surface area contributed by atoms with Crippen LogP contribution in [0.25, 0.3) is 10.8 Å². The van der Waals surface area contributed by atoms with Crippen LogP contribution in [0.1, 0.15) is 23.1 Å². The summed E-state index contributed by atoms with van der Waals surface area (Å²) in [5, 5.41) is 2.59. The van der Waals surface area contributed by atoms with Gasteiger partial charge < -0.3 is 9.64 Å². The topological polar surface area (TPSA) is 12.5 Å². The van der Waals surface area contributed by atoms with Gasteiger partial charge in [0.15, 0.2) is 0 Å². The van der Waals surface area contributed by atoms with Crippen molar-refractivity contribution in [1.82, 2.24) is 4.90 Å². The van der Waals surface area contributed by atoms with E-state index in [4.69, 9.17) is 4.74 Å². The molecule has 0 spiro atoms. The average Bonchev–Trinajstić information content (AvgIpc) is 2.83. The van der Waals surface area contributed by atoms with E-state index in [0.717, 1.165) is 19.7 Å². The first-order valence-corrected chi connectivity index (χ1v) is 8.65. The maximum atomic E-state index is 6.30. The molecule has 0 amide bonds. The number of fused-ring (bicyclic) bond motifs is 1. The van der Waals surface area contributed by atoms with Crippen molar-refractivity contribution in [3.05, 3.63) is 83.9 Å². The van der Waals surface area contributed by atoms with E-state index in [9.17, 15) is 0 Å². The third kappa shape index (κ3) is 3.08. The maximum Gasteiger partial charge on any atom is 0.0906 e. The summed E-state index contributed by atoms with van der Waals surface area (Å²) in [6.45, 7) is 2.77. The lowest BCUT2D eigenvalue weighted by Gasteiger charge is -2.27. The molecule has 0 bridgehead atoms. The van der Waals surface area contributed by atoms with Crippen LogP contribution in [-0.2, 0) is 4.74 Å². The van der Waals surface area contributed by atoms with Crippen LogP contribution in [0.3, 0.4) is 0 Å². The molecule has 2 atom stereocenters. The van der Waals surface area contributed by atoms with Crippen molar-refractivity contribution in [2.24, 2.45) is 0 Å². The van der Waals surface area contributed by atoms with Gasteiger partial charge in [-0.3, -0.25) is 0 Å². The predicted octanol–water partition coefficient (Wildman–Crippen LogP) is 4.63. The van der Waals surface area contributed by atoms with Crippen molar-refractivity contribution >= 4 is 10.8 Å². The van der Waals surface area contributed by atoms with E-state index in [1.807, 2.05) is 0 Å². The van der Waals surface area contributed by atoms with Crippen LogP contribution in [0.4, 0.5) is 0 Å². The molecule has 2 heteroatoms. The van der Waals surface area contributed by atoms with Gasteiger partial charge in [-0.25, -0.2) is 0 Å². The molecule has 3 aromatic carbocycles. The lowest BCUT2D eigenvalue weighted by molar-refractivity contribution is 0.0507. The van der Waals surface area contributed by atoms with Gasteiger partial charge in [-0.2, -0.15) is 0 Å². The van der Waals surface area contributed by atoms with Crippen LogP contribution in [0.2, 0.25) is 0 Å². The van der Waals surface area contributed by atoms with Gasteiger partial charge in [0.25, 0.3) is 0 Å². The van der Waals surface area contributed by atoms with Gasteiger partial charge in [0.2, 0.25) is 0 Å². The molecule has 0 N–H and O–H groups in total. The second-order valence-electron chi connectivity index (χ2n) is 6.68. The molecule has 1 fully saturated rings. The molecule has 1 aliphatic heterocycles. The van der Waals surface area contributed by atoms with Crippen molar-refractivity contribution in [2.75, 3.05) is 26.7 Å². The lowest BCUT2D eigenvalue weighted by atomic mass is 9.87. The minimum Gasteiger partial charge on any atom is -0.372 e. The molecule has 1 aliphatic rings. The zero-order valence-corrected chi connectivity index (χ0v) is 14.1. The molecule has 2 nitrogen and oxygen atoms in total. The summed E-state index contributed by atoms with van der Waals surface area (Å²) in [4.78, 5) is 2.38. The molecule has 4 rings (SSSR count). The Bertz CT molecular complexity index is 814. The van der Waals surface area contributed by atoms with Gasteiger partial charge >= 0.3 is 0 Å². The Morgan fingerprint density at radius 3 is 2.42 bits per heavy atom. The number of benzene rings is 3. The van der Waals surface area contributed by atoms with E-state index in [1.165, 1.54) is 21.9 Å². The number of hydrogen-bond donors (Lipinski definition) is 0. The lowest BCUT2D eigenvalue weighted by Crippen LogP contribution is -2.25. The summed E-state index contributed by atoms with van der Waals surface area (Å²) in [6.07, 6.45) is 0.109. The van der Waals surface area contributed by atoms with Crippen LogP contribution >= 0.6 is 0 Å². The first-order chi connectivity index (χ1) is 11.8. The molecule has 24 heavy (non-hydrogen) atoms. The molecule has 2 unspecified atom stereocenters. The van der Waals surface area contributed by atoms with Crippen LogP contribution in [0, 0.1) is 0 Å². The van der Waals surface area contributed by atoms with Crippen molar-refractivity contribution in [3.63, 3.8) is 0 Å². The summed E-state index contributed by atoms with van der Waals surface area (Å²) in [5.41, 5.74) is 2.63. The molecule has 122 valence electrons. The Balaban J connectivity index is 1.77. The standard InChI is InChI=1S/C22H23NO/c1-23-13-14-24-22(18-8-3-2-4-9-18)21(16-23)20-12-11-17-7-5-6-10-19(17)15-20/h2-12,15,21-22H,13-14,16H2,1H3. The average molecular weight is 317 g/mol. The molecule has 0 saturated carbocycles. The van der Waals surface area contributed by atoms with Gasteiger partial charge in [0.05, 0.1) is 12.7 Å². The summed E-state index contributed by atoms with van der Waals surface area (Å²) in [5.74, 6) is 0.338. The first kappa shape index (κ1) is 15.4. The van der Waals surface area contributed by atoms with Crippen LogP contribution in [-0.4, -0.2) is 31.6 Å². The fraction of sp³-hybridized carbons (Fsp3) is 0.273. The zero-order valence-electron chi connectivity index (χ0n) is 14.1. The van der Waals surface area contributed by atoms with Crippen LogP contribution < -0.4 is 0 Å². The number of rotatable bonds is 2. The number of likely N-dealkylation sites (N-methyl/N-ethyl adjacent to an activating group) is 1. The van der Waals surface area contributed by atoms with E-state index in [1.54, 1.807) is 0 Å². The highest BCUT2D eigenvalue weighted by Crippen LogP contribution is 2.37. The highest BCUT2D eigenvalue weighted by atomic mass is 16.5. The minimum atomic E-state index is 0.109. The van der Waals surface area contributed by atoms with Crippen molar-refractivity contribution in [1.29, 1.82) is 0 Å². The monoisotopic (exact) mass is 317 g/mol. The Morgan fingerprint density at radius 1 is 0.833 bits per heavy atom. The number of ether oxygens (including phenoxy) is 1. The predicted molar refractivity (Wildman–Crippen MR) is 99.3 cm³/mol. The van der Waals surface area contributed by atoms with Crippen molar-refractivity contribution < 1.29 is 4.74 Å². The zero-order chi connectivity index (χ0) is 16.4. The molecule has 0 radical (unpaired) electrons. The van der Waals surface area contributed by atoms with Crippen LogP contribution in [0.5, 0.6) is 0 Å². The molecule has 0 aromatic heterocycles. The molecule has 1 heterocycles. The quantitative estimate of drug-likeness (QED) is 0.683. The number of nitrogens with zero attached hydrogens (tertiary/aromatic N) is 1. The van der Waals surface area contributed by atoms with E-state index < -0.39 is 0 Å². The van der Waals surface area contributed by atoms with Crippen molar-refractivity contribution in [2.45, 2.75) is 12.0 Å². The second-order valence-corrected chi connectivity index (χ2v) is 6.68. The Morgan fingerprint density at radius 2 is 1.58 bits per heavy atom. The molecular formula is C22H23NO. The fourth-order valence-electron chi connectivity index (χ4n) is 3.66. The largest absolute Gasteiger partial charge is 0.372 e. The molecule has 0 aliphatic carbocycles. The van der Waals surface area contributed by atoms with Gasteiger partial charge in [0.1, 0.15) is 0 Å². The number of hydrogen-bond acceptors (Lipinski definition) is 2. The van der Waals surface area contributed by atoms with Gasteiger partial charge in [0, 0.05) is 19.0 Å². The maximum absolute atomic E-state index is 6.30. The van der Waals surface area contributed by atoms with Crippen molar-refractivity contribution in [3.8, 4) is 0 Å². The third-order valence-electron chi connectivity index (χ3n) is 4.97. The normalized spacial score (nSPS) is 22.4. The third-order valence-corrected chi connectivity index (χ3v) is 4.97. The molecule has 3 aromatic rings. The SMILES string of the molecule is CN1CCOC(c2ccccc2)C(c2ccc3ccccc3c2)C1. The van der Waals surface area contributed by atoms with Crippen LogP contribution in [0.15, 0.2) is 72.8 Å². The summed E-state index contributed by atoms with van der Waals surface area (Å²) >= 11 is 0. The first-order valence-electron chi connectivity index (χ1n) is 8.65. The van der Waals surface area contributed by atoms with Gasteiger partial charge in [-0.1, -0.05) is 72.8 Å². The summed E-state index contributed by atoms with van der Waals surface area (Å²) in [7, 11) is 2.19. The Hall–Kier alpha value is -2.16. The van der Waals surface area contributed by atoms with E-state index >= 15 is 0 Å². The highest BCUT2D eigenvalue weighted by Gasteiger charge is 2.29. The summed E-state index contributed by atoms with van der Waals surface area (Å²) in [6, 6.07) is 26.0. The Kier molecular flexibility index (Phi) is 4.33. The second kappa shape index (κ2) is 6.76. The van der Waals surface area contributed by atoms with Gasteiger partial charge in [-0.05, 0) is 28.9 Å². The fourth-order valence-corrected chi connectivity index (χ4v) is 3.66. The van der Waals surface area contributed by atoms with Gasteiger partial charge in [-0.15, -0.1) is 0 Å². The minimum absolute atomic E-state index is 0.109. The van der Waals surface area contributed by atoms with E-state index in [0.29, 0.717) is 5.92 Å². The molecular weight excluding hydrogens is 294 g/mol.